The summed E-state index contributed by atoms with van der Waals surface area (Å²) in [4.78, 5) is 10.9. The van der Waals surface area contributed by atoms with Gasteiger partial charge in [0.1, 0.15) is 5.82 Å². The highest BCUT2D eigenvalue weighted by molar-refractivity contribution is 7.98. The lowest BCUT2D eigenvalue weighted by Gasteiger charge is -2.08. The van der Waals surface area contributed by atoms with Gasteiger partial charge in [0.25, 0.3) is 0 Å². The van der Waals surface area contributed by atoms with Crippen molar-refractivity contribution < 1.29 is 0 Å². The van der Waals surface area contributed by atoms with Gasteiger partial charge < -0.3 is 4.98 Å². The lowest BCUT2D eigenvalue weighted by atomic mass is 10.2. The molecule has 0 spiro atoms. The van der Waals surface area contributed by atoms with Gasteiger partial charge in [-0.1, -0.05) is 12.1 Å². The summed E-state index contributed by atoms with van der Waals surface area (Å²) in [6, 6.07) is 10.5. The molecule has 1 aliphatic rings. The van der Waals surface area contributed by atoms with Crippen molar-refractivity contribution in [1.29, 1.82) is 0 Å². The average Bonchev–Trinajstić information content (AvgIpc) is 3.02. The molecule has 0 radical (unpaired) electrons. The predicted octanol–water partition coefficient (Wildman–Crippen LogP) is 4.08. The molecule has 1 N–H and O–H groups in total. The molecule has 4 rings (SSSR count). The number of nitrogens with one attached hydrogen (secondary N) is 1. The molecule has 0 amide bonds. The quantitative estimate of drug-likeness (QED) is 0.723. The normalized spacial score (nSPS) is 14.9. The Morgan fingerprint density at radius 3 is 3.06 bits per heavy atom. The molecule has 2 aromatic heterocycles. The van der Waals surface area contributed by atoms with Crippen molar-refractivity contribution >= 4 is 34.1 Å². The second-order valence-corrected chi connectivity index (χ2v) is 6.71. The molecule has 0 atom stereocenters. The average molecular weight is 272 g/mol. The van der Waals surface area contributed by atoms with E-state index in [0.717, 1.165) is 22.6 Å². The Hall–Kier alpha value is -1.26. The fourth-order valence-corrected chi connectivity index (χ4v) is 4.65. The van der Waals surface area contributed by atoms with Crippen LogP contribution in [0, 0.1) is 0 Å². The van der Waals surface area contributed by atoms with Gasteiger partial charge in [-0.15, -0.1) is 11.3 Å². The molecule has 2 nitrogen and oxygen atoms in total. The zero-order valence-corrected chi connectivity index (χ0v) is 11.4. The maximum absolute atomic E-state index is 4.67. The third-order valence-corrected chi connectivity index (χ3v) is 5.50. The number of aromatic nitrogens is 2. The number of rotatable bonds is 1. The van der Waals surface area contributed by atoms with E-state index in [2.05, 4.69) is 28.2 Å². The first-order chi connectivity index (χ1) is 8.90. The van der Waals surface area contributed by atoms with Crippen LogP contribution in [0.15, 0.2) is 30.3 Å². The molecule has 18 heavy (non-hydrogen) atoms. The van der Waals surface area contributed by atoms with Crippen molar-refractivity contribution in [2.75, 3.05) is 5.75 Å². The number of hydrogen-bond acceptors (Lipinski definition) is 3. The van der Waals surface area contributed by atoms with Crippen molar-refractivity contribution in [3.8, 4) is 10.7 Å². The van der Waals surface area contributed by atoms with E-state index < -0.39 is 0 Å². The Balaban J connectivity index is 1.84. The fraction of sp³-hybridized carbons (Fsp3) is 0.214. The smallest absolute Gasteiger partial charge is 0.148 e. The summed E-state index contributed by atoms with van der Waals surface area (Å²) in [5.41, 5.74) is 3.67. The van der Waals surface area contributed by atoms with Crippen LogP contribution in [0.25, 0.3) is 21.7 Å². The zero-order chi connectivity index (χ0) is 11.9. The number of thioether (sulfide) groups is 1. The van der Waals surface area contributed by atoms with Crippen LogP contribution in [0.4, 0.5) is 0 Å². The molecular weight excluding hydrogens is 260 g/mol. The van der Waals surface area contributed by atoms with Gasteiger partial charge in [-0.3, -0.25) is 0 Å². The summed E-state index contributed by atoms with van der Waals surface area (Å²) in [7, 11) is 0. The number of aryl methyl sites for hydroxylation is 1. The summed E-state index contributed by atoms with van der Waals surface area (Å²) < 4.78 is 0. The third-order valence-electron chi connectivity index (χ3n) is 3.25. The second kappa shape index (κ2) is 4.14. The number of H-pyrrole nitrogens is 1. The van der Waals surface area contributed by atoms with Crippen LogP contribution < -0.4 is 0 Å². The van der Waals surface area contributed by atoms with Crippen molar-refractivity contribution in [1.82, 2.24) is 9.97 Å². The van der Waals surface area contributed by atoms with E-state index in [4.69, 9.17) is 0 Å². The predicted molar refractivity (Wildman–Crippen MR) is 79.3 cm³/mol. The Labute approximate surface area is 113 Å². The standard InChI is InChI=1S/C14H12N2S2/c1-2-4-11-10(3-1)15-14(16-11)13-7-9-8-17-6-5-12(9)18-13/h1-4,7H,5-6,8H2,(H,15,16). The summed E-state index contributed by atoms with van der Waals surface area (Å²) >= 11 is 3.92. The minimum Gasteiger partial charge on any atom is -0.337 e. The van der Waals surface area contributed by atoms with Gasteiger partial charge in [-0.2, -0.15) is 11.8 Å². The largest absolute Gasteiger partial charge is 0.337 e. The molecule has 90 valence electrons. The van der Waals surface area contributed by atoms with Gasteiger partial charge in [0.15, 0.2) is 0 Å². The van der Waals surface area contributed by atoms with Crippen LogP contribution in [0.1, 0.15) is 10.4 Å². The Bertz CT molecular complexity index is 655. The summed E-state index contributed by atoms with van der Waals surface area (Å²) in [6.07, 6.45) is 1.21. The molecule has 1 aromatic carbocycles. The molecule has 3 heterocycles. The highest BCUT2D eigenvalue weighted by atomic mass is 32.2. The van der Waals surface area contributed by atoms with Crippen molar-refractivity contribution in [3.63, 3.8) is 0 Å². The van der Waals surface area contributed by atoms with E-state index in [1.807, 2.05) is 35.2 Å². The number of benzene rings is 1. The molecule has 0 saturated carbocycles. The summed E-state index contributed by atoms with van der Waals surface area (Å²) in [5, 5.41) is 0. The van der Waals surface area contributed by atoms with Gasteiger partial charge in [0.05, 0.1) is 15.9 Å². The second-order valence-electron chi connectivity index (χ2n) is 4.46. The molecule has 0 fully saturated rings. The molecule has 4 heteroatoms. The first kappa shape index (κ1) is 10.6. The van der Waals surface area contributed by atoms with Crippen LogP contribution in [-0.2, 0) is 12.2 Å². The number of aromatic amines is 1. The van der Waals surface area contributed by atoms with Crippen LogP contribution >= 0.6 is 23.1 Å². The topological polar surface area (TPSA) is 28.7 Å². The van der Waals surface area contributed by atoms with E-state index >= 15 is 0 Å². The monoisotopic (exact) mass is 272 g/mol. The zero-order valence-electron chi connectivity index (χ0n) is 9.77. The number of imidazole rings is 1. The fourth-order valence-electron chi connectivity index (χ4n) is 2.33. The van der Waals surface area contributed by atoms with E-state index in [1.165, 1.54) is 22.6 Å². The maximum Gasteiger partial charge on any atom is 0.148 e. The lowest BCUT2D eigenvalue weighted by Crippen LogP contribution is -1.96. The van der Waals surface area contributed by atoms with Crippen LogP contribution in [0.5, 0.6) is 0 Å². The molecule has 3 aromatic rings. The van der Waals surface area contributed by atoms with Gasteiger partial charge in [-0.05, 0) is 35.9 Å². The Kier molecular flexibility index (Phi) is 2.45. The molecule has 0 unspecified atom stereocenters. The van der Waals surface area contributed by atoms with E-state index in [0.29, 0.717) is 0 Å². The number of para-hydroxylation sites is 2. The number of fused-ring (bicyclic) bond motifs is 2. The van der Waals surface area contributed by atoms with Crippen LogP contribution in [0.2, 0.25) is 0 Å². The molecule has 0 saturated heterocycles. The minimum atomic E-state index is 1.01. The van der Waals surface area contributed by atoms with Gasteiger partial charge >= 0.3 is 0 Å². The maximum atomic E-state index is 4.67. The summed E-state index contributed by atoms with van der Waals surface area (Å²) in [6.45, 7) is 0. The Morgan fingerprint density at radius 2 is 2.17 bits per heavy atom. The molecule has 0 bridgehead atoms. The highest BCUT2D eigenvalue weighted by Crippen LogP contribution is 2.36. The van der Waals surface area contributed by atoms with E-state index in [1.54, 1.807) is 4.88 Å². The highest BCUT2D eigenvalue weighted by Gasteiger charge is 2.16. The third kappa shape index (κ3) is 1.68. The first-order valence-corrected chi connectivity index (χ1v) is 8.02. The summed E-state index contributed by atoms with van der Waals surface area (Å²) in [5.74, 6) is 3.43. The number of hydrogen-bond donors (Lipinski definition) is 1. The first-order valence-electron chi connectivity index (χ1n) is 6.04. The molecule has 1 aliphatic heterocycles. The van der Waals surface area contributed by atoms with Gasteiger partial charge in [-0.25, -0.2) is 4.98 Å². The molecule has 0 aliphatic carbocycles. The van der Waals surface area contributed by atoms with Crippen molar-refractivity contribution in [3.05, 3.63) is 40.8 Å². The van der Waals surface area contributed by atoms with E-state index in [9.17, 15) is 0 Å². The minimum absolute atomic E-state index is 1.01. The molecular formula is C14H12N2S2. The Morgan fingerprint density at radius 1 is 1.22 bits per heavy atom. The SMILES string of the molecule is c1ccc2[nH]c(-c3cc4c(s3)CCSC4)nc2c1. The van der Waals surface area contributed by atoms with Crippen LogP contribution in [0.3, 0.4) is 0 Å². The van der Waals surface area contributed by atoms with Crippen LogP contribution in [-0.4, -0.2) is 15.7 Å². The van der Waals surface area contributed by atoms with Crippen molar-refractivity contribution in [2.24, 2.45) is 0 Å². The van der Waals surface area contributed by atoms with Gasteiger partial charge in [0.2, 0.25) is 0 Å². The van der Waals surface area contributed by atoms with Gasteiger partial charge in [0, 0.05) is 10.6 Å². The number of nitrogens with zero attached hydrogens (tertiary/aromatic N) is 1. The lowest BCUT2D eigenvalue weighted by molar-refractivity contribution is 1.13. The number of thiophene rings is 1. The van der Waals surface area contributed by atoms with Crippen molar-refractivity contribution in [2.45, 2.75) is 12.2 Å². The van der Waals surface area contributed by atoms with E-state index in [-0.39, 0.29) is 0 Å².